The van der Waals surface area contributed by atoms with E-state index in [-0.39, 0.29) is 5.41 Å². The molecule has 0 aliphatic carbocycles. The molecule has 0 radical (unpaired) electrons. The monoisotopic (exact) mass is 203 g/mol. The van der Waals surface area contributed by atoms with Gasteiger partial charge in [0, 0.05) is 30.9 Å². The lowest BCUT2D eigenvalue weighted by molar-refractivity contribution is 0.612. The molecule has 0 aromatic carbocycles. The van der Waals surface area contributed by atoms with E-state index in [1.807, 2.05) is 18.7 Å². The minimum Gasteiger partial charge on any atom is -0.309 e. The van der Waals surface area contributed by atoms with E-state index in [4.69, 9.17) is 0 Å². The topological polar surface area (TPSA) is 21.1 Å². The van der Waals surface area contributed by atoms with Gasteiger partial charge in [0.15, 0.2) is 0 Å². The molecule has 0 bridgehead atoms. The van der Waals surface area contributed by atoms with Crippen LogP contribution in [0.2, 0.25) is 0 Å². The second-order valence-electron chi connectivity index (χ2n) is 4.63. The van der Waals surface area contributed by atoms with E-state index in [0.29, 0.717) is 0 Å². The lowest BCUT2D eigenvalue weighted by atomic mass is 9.92. The van der Waals surface area contributed by atoms with Crippen molar-refractivity contribution in [3.63, 3.8) is 0 Å². The maximum Gasteiger partial charge on any atom is 0.134 e. The molecule has 15 heavy (non-hydrogen) atoms. The van der Waals surface area contributed by atoms with Gasteiger partial charge in [0.1, 0.15) is 5.82 Å². The van der Waals surface area contributed by atoms with Gasteiger partial charge in [-0.3, -0.25) is 4.68 Å². The number of hydrogen-bond acceptors (Lipinski definition) is 2. The molecule has 0 N–H and O–H groups in total. The summed E-state index contributed by atoms with van der Waals surface area (Å²) in [6, 6.07) is 2.08. The molecule has 1 aromatic rings. The van der Waals surface area contributed by atoms with Crippen molar-refractivity contribution in [3.8, 4) is 0 Å². The van der Waals surface area contributed by atoms with Crippen LogP contribution in [0.15, 0.2) is 30.6 Å². The Kier molecular flexibility index (Phi) is 2.18. The van der Waals surface area contributed by atoms with E-state index in [9.17, 15) is 0 Å². The van der Waals surface area contributed by atoms with Crippen LogP contribution < -0.4 is 4.90 Å². The summed E-state index contributed by atoms with van der Waals surface area (Å²) in [6.07, 6.45) is 8.57. The van der Waals surface area contributed by atoms with Crippen molar-refractivity contribution in [2.45, 2.75) is 20.8 Å². The standard InChI is InChI=1S/C12H17N3/c1-10-9-11(14(4)13-10)15-7-5-12(2,3)6-8-15/h5-9H,1-4H3. The van der Waals surface area contributed by atoms with E-state index in [0.717, 1.165) is 11.5 Å². The number of aryl methyl sites for hydroxylation is 2. The van der Waals surface area contributed by atoms with E-state index in [1.54, 1.807) is 0 Å². The highest BCUT2D eigenvalue weighted by Gasteiger charge is 2.16. The molecule has 0 unspecified atom stereocenters. The number of allylic oxidation sites excluding steroid dienone is 2. The summed E-state index contributed by atoms with van der Waals surface area (Å²) in [7, 11) is 1.96. The number of anilines is 1. The van der Waals surface area contributed by atoms with Crippen molar-refractivity contribution < 1.29 is 0 Å². The van der Waals surface area contributed by atoms with Crippen molar-refractivity contribution >= 4 is 5.82 Å². The van der Waals surface area contributed by atoms with Crippen LogP contribution >= 0.6 is 0 Å². The van der Waals surface area contributed by atoms with Crippen LogP contribution in [0.25, 0.3) is 0 Å². The highest BCUT2D eigenvalue weighted by molar-refractivity contribution is 5.49. The van der Waals surface area contributed by atoms with Crippen LogP contribution in [-0.2, 0) is 7.05 Å². The Morgan fingerprint density at radius 2 is 1.80 bits per heavy atom. The van der Waals surface area contributed by atoms with Crippen LogP contribution in [0.5, 0.6) is 0 Å². The maximum absolute atomic E-state index is 4.33. The Bertz CT molecular complexity index is 408. The van der Waals surface area contributed by atoms with E-state index < -0.39 is 0 Å². The number of rotatable bonds is 1. The molecule has 3 nitrogen and oxygen atoms in total. The fraction of sp³-hybridized carbons (Fsp3) is 0.417. The zero-order chi connectivity index (χ0) is 11.1. The summed E-state index contributed by atoms with van der Waals surface area (Å²) in [6.45, 7) is 6.38. The molecule has 0 atom stereocenters. The van der Waals surface area contributed by atoms with Gasteiger partial charge < -0.3 is 4.90 Å². The van der Waals surface area contributed by atoms with Crippen molar-refractivity contribution in [2.24, 2.45) is 12.5 Å². The fourth-order valence-electron chi connectivity index (χ4n) is 1.64. The molecule has 1 aromatic heterocycles. The lowest BCUT2D eigenvalue weighted by Gasteiger charge is -2.25. The average molecular weight is 203 g/mol. The van der Waals surface area contributed by atoms with Crippen molar-refractivity contribution in [2.75, 3.05) is 4.90 Å². The van der Waals surface area contributed by atoms with Gasteiger partial charge in [0.25, 0.3) is 0 Å². The number of aromatic nitrogens is 2. The molecule has 0 saturated carbocycles. The zero-order valence-electron chi connectivity index (χ0n) is 9.73. The predicted octanol–water partition coefficient (Wildman–Crippen LogP) is 2.60. The lowest BCUT2D eigenvalue weighted by Crippen LogP contribution is -2.18. The summed E-state index contributed by atoms with van der Waals surface area (Å²) in [5.74, 6) is 1.09. The largest absolute Gasteiger partial charge is 0.309 e. The van der Waals surface area contributed by atoms with E-state index in [2.05, 4.69) is 54.5 Å². The molecule has 2 heterocycles. The third-order valence-corrected chi connectivity index (χ3v) is 2.57. The van der Waals surface area contributed by atoms with E-state index >= 15 is 0 Å². The second-order valence-corrected chi connectivity index (χ2v) is 4.63. The smallest absolute Gasteiger partial charge is 0.134 e. The molecule has 0 amide bonds. The molecular formula is C12H17N3. The summed E-state index contributed by atoms with van der Waals surface area (Å²) in [4.78, 5) is 2.09. The minimum atomic E-state index is 0.157. The fourth-order valence-corrected chi connectivity index (χ4v) is 1.64. The van der Waals surface area contributed by atoms with Gasteiger partial charge in [-0.25, -0.2) is 0 Å². The molecule has 0 fully saturated rings. The average Bonchev–Trinajstić information content (AvgIpc) is 2.45. The molecule has 80 valence electrons. The predicted molar refractivity (Wildman–Crippen MR) is 62.5 cm³/mol. The Labute approximate surface area is 90.7 Å². The zero-order valence-corrected chi connectivity index (χ0v) is 9.73. The highest BCUT2D eigenvalue weighted by Crippen LogP contribution is 2.26. The number of hydrogen-bond donors (Lipinski definition) is 0. The van der Waals surface area contributed by atoms with Crippen LogP contribution in [-0.4, -0.2) is 9.78 Å². The Balaban J connectivity index is 2.28. The highest BCUT2D eigenvalue weighted by atomic mass is 15.4. The first-order chi connectivity index (χ1) is 6.98. The molecule has 1 aliphatic rings. The summed E-state index contributed by atoms with van der Waals surface area (Å²) in [5, 5.41) is 4.33. The third kappa shape index (κ3) is 1.96. The molecule has 1 aliphatic heterocycles. The van der Waals surface area contributed by atoms with Gasteiger partial charge in [-0.05, 0) is 6.92 Å². The van der Waals surface area contributed by atoms with Crippen molar-refractivity contribution in [1.82, 2.24) is 9.78 Å². The third-order valence-electron chi connectivity index (χ3n) is 2.57. The van der Waals surface area contributed by atoms with Gasteiger partial charge in [0.2, 0.25) is 0 Å². The molecular weight excluding hydrogens is 186 g/mol. The van der Waals surface area contributed by atoms with Gasteiger partial charge in [-0.1, -0.05) is 26.0 Å². The first kappa shape index (κ1) is 10.0. The molecule has 3 heteroatoms. The van der Waals surface area contributed by atoms with E-state index in [1.165, 1.54) is 0 Å². The van der Waals surface area contributed by atoms with Crippen molar-refractivity contribution in [1.29, 1.82) is 0 Å². The van der Waals surface area contributed by atoms with Gasteiger partial charge >= 0.3 is 0 Å². The second kappa shape index (κ2) is 3.26. The SMILES string of the molecule is Cc1cc(N2C=CC(C)(C)C=C2)n(C)n1. The minimum absolute atomic E-state index is 0.157. The normalized spacial score (nSPS) is 18.5. The molecule has 2 rings (SSSR count). The molecule has 0 spiro atoms. The van der Waals surface area contributed by atoms with Gasteiger partial charge in [-0.2, -0.15) is 5.10 Å². The molecule has 0 saturated heterocycles. The van der Waals surface area contributed by atoms with Crippen LogP contribution in [0.3, 0.4) is 0 Å². The van der Waals surface area contributed by atoms with Crippen LogP contribution in [0.1, 0.15) is 19.5 Å². The van der Waals surface area contributed by atoms with Crippen molar-refractivity contribution in [3.05, 3.63) is 36.3 Å². The summed E-state index contributed by atoms with van der Waals surface area (Å²) < 4.78 is 1.89. The van der Waals surface area contributed by atoms with Gasteiger partial charge in [0.05, 0.1) is 5.69 Å². The van der Waals surface area contributed by atoms with Gasteiger partial charge in [-0.15, -0.1) is 0 Å². The summed E-state index contributed by atoms with van der Waals surface area (Å²) in [5.41, 5.74) is 1.20. The Morgan fingerprint density at radius 3 is 2.27 bits per heavy atom. The Morgan fingerprint density at radius 1 is 1.20 bits per heavy atom. The summed E-state index contributed by atoms with van der Waals surface area (Å²) >= 11 is 0. The maximum atomic E-state index is 4.33. The Hall–Kier alpha value is -1.51. The first-order valence-electron chi connectivity index (χ1n) is 5.16. The van der Waals surface area contributed by atoms with Crippen LogP contribution in [0, 0.1) is 12.3 Å². The number of nitrogens with zero attached hydrogens (tertiary/aromatic N) is 3. The quantitative estimate of drug-likeness (QED) is 0.699. The first-order valence-corrected chi connectivity index (χ1v) is 5.16. The van der Waals surface area contributed by atoms with Crippen LogP contribution in [0.4, 0.5) is 5.82 Å².